The minimum Gasteiger partial charge on any atom is -0.271 e. The van der Waals surface area contributed by atoms with Crippen LogP contribution >= 0.6 is 11.3 Å². The molecule has 0 aliphatic heterocycles. The number of halogens is 2. The average molecular weight is 294 g/mol. The Balaban J connectivity index is 1.86. The Morgan fingerprint density at radius 1 is 1.25 bits per heavy atom. The van der Waals surface area contributed by atoms with Crippen molar-refractivity contribution in [2.45, 2.75) is 31.7 Å². The Kier molecular flexibility index (Phi) is 3.83. The fraction of sp³-hybridized carbons (Fsp3) is 0.333. The van der Waals surface area contributed by atoms with E-state index < -0.39 is 11.6 Å². The molecule has 3 rings (SSSR count). The average Bonchev–Trinajstić information content (AvgIpc) is 2.99. The van der Waals surface area contributed by atoms with Gasteiger partial charge >= 0.3 is 0 Å². The summed E-state index contributed by atoms with van der Waals surface area (Å²) in [5.41, 5.74) is 4.13. The van der Waals surface area contributed by atoms with Gasteiger partial charge in [0.15, 0.2) is 0 Å². The van der Waals surface area contributed by atoms with E-state index in [1.165, 1.54) is 35.1 Å². The summed E-state index contributed by atoms with van der Waals surface area (Å²) >= 11 is 1.70. The molecule has 2 aromatic rings. The number of benzene rings is 1. The highest BCUT2D eigenvalue weighted by Crippen LogP contribution is 2.35. The summed E-state index contributed by atoms with van der Waals surface area (Å²) in [5, 5.41) is 0. The number of hydrogen-bond donors (Lipinski definition) is 2. The maximum Gasteiger partial charge on any atom is 0.129 e. The number of fused-ring (bicyclic) bond motifs is 1. The molecule has 106 valence electrons. The molecular weight excluding hydrogens is 278 g/mol. The minimum absolute atomic E-state index is 0.0870. The second-order valence-corrected chi connectivity index (χ2v) is 6.24. The Morgan fingerprint density at radius 3 is 2.65 bits per heavy atom. The molecule has 2 nitrogen and oxygen atoms in total. The highest BCUT2D eigenvalue weighted by atomic mass is 32.1. The summed E-state index contributed by atoms with van der Waals surface area (Å²) < 4.78 is 27.4. The van der Waals surface area contributed by atoms with Crippen LogP contribution in [0.1, 0.15) is 33.3 Å². The monoisotopic (exact) mass is 294 g/mol. The van der Waals surface area contributed by atoms with Gasteiger partial charge in [0.05, 0.1) is 6.04 Å². The van der Waals surface area contributed by atoms with Crippen molar-refractivity contribution < 1.29 is 8.78 Å². The van der Waals surface area contributed by atoms with Gasteiger partial charge in [0, 0.05) is 15.3 Å². The second-order valence-electron chi connectivity index (χ2n) is 5.07. The van der Waals surface area contributed by atoms with Crippen LogP contribution in [0.5, 0.6) is 0 Å². The molecule has 1 atom stereocenters. The molecule has 0 saturated carbocycles. The maximum atomic E-state index is 13.7. The van der Waals surface area contributed by atoms with Gasteiger partial charge in [-0.2, -0.15) is 0 Å². The van der Waals surface area contributed by atoms with Gasteiger partial charge in [0.2, 0.25) is 0 Å². The molecule has 1 aliphatic rings. The van der Waals surface area contributed by atoms with Crippen LogP contribution in [0.15, 0.2) is 24.3 Å². The largest absolute Gasteiger partial charge is 0.271 e. The van der Waals surface area contributed by atoms with Crippen LogP contribution in [0, 0.1) is 11.6 Å². The molecule has 3 N–H and O–H groups in total. The highest BCUT2D eigenvalue weighted by Gasteiger charge is 2.22. The normalized spacial score (nSPS) is 15.3. The SMILES string of the molecule is NNC(Cc1c(F)cccc1F)c1cc2c(s1)CCC2. The highest BCUT2D eigenvalue weighted by molar-refractivity contribution is 7.12. The lowest BCUT2D eigenvalue weighted by molar-refractivity contribution is 0.504. The first-order chi connectivity index (χ1) is 9.69. The van der Waals surface area contributed by atoms with E-state index in [2.05, 4.69) is 11.5 Å². The molecule has 20 heavy (non-hydrogen) atoms. The minimum atomic E-state index is -0.519. The fourth-order valence-electron chi connectivity index (χ4n) is 2.70. The number of nitrogens with two attached hydrogens (primary N) is 1. The number of hydrogen-bond acceptors (Lipinski definition) is 3. The zero-order chi connectivity index (χ0) is 14.1. The summed E-state index contributed by atoms with van der Waals surface area (Å²) in [4.78, 5) is 2.44. The van der Waals surface area contributed by atoms with Crippen LogP contribution in [0.4, 0.5) is 8.78 Å². The van der Waals surface area contributed by atoms with Gasteiger partial charge in [-0.1, -0.05) is 6.07 Å². The van der Waals surface area contributed by atoms with Gasteiger partial charge < -0.3 is 0 Å². The summed E-state index contributed by atoms with van der Waals surface area (Å²) in [7, 11) is 0. The molecule has 5 heteroatoms. The van der Waals surface area contributed by atoms with Gasteiger partial charge in [-0.25, -0.2) is 8.78 Å². The molecule has 1 heterocycles. The Morgan fingerprint density at radius 2 is 2.00 bits per heavy atom. The van der Waals surface area contributed by atoms with E-state index in [0.29, 0.717) is 0 Å². The molecule has 1 aromatic carbocycles. The van der Waals surface area contributed by atoms with E-state index in [1.54, 1.807) is 11.3 Å². The molecule has 0 saturated heterocycles. The third-order valence-corrected chi connectivity index (χ3v) is 5.13. The lowest BCUT2D eigenvalue weighted by atomic mass is 10.0. The van der Waals surface area contributed by atoms with Crippen LogP contribution in [0.25, 0.3) is 0 Å². The molecule has 1 aliphatic carbocycles. The van der Waals surface area contributed by atoms with Crippen LogP contribution in [-0.4, -0.2) is 0 Å². The molecule has 0 bridgehead atoms. The van der Waals surface area contributed by atoms with Crippen LogP contribution in [0.2, 0.25) is 0 Å². The van der Waals surface area contributed by atoms with Crippen LogP contribution in [0.3, 0.4) is 0 Å². The molecule has 1 aromatic heterocycles. The van der Waals surface area contributed by atoms with Crippen molar-refractivity contribution in [3.05, 3.63) is 56.8 Å². The van der Waals surface area contributed by atoms with Crippen molar-refractivity contribution in [3.63, 3.8) is 0 Å². The number of aryl methyl sites for hydroxylation is 2. The van der Waals surface area contributed by atoms with E-state index in [-0.39, 0.29) is 18.0 Å². The standard InChI is InChI=1S/C15H16F2N2S/c16-11-4-2-5-12(17)10(11)8-13(19-18)15-7-9-3-1-6-14(9)20-15/h2,4-5,7,13,19H,1,3,6,8,18H2. The lowest BCUT2D eigenvalue weighted by Crippen LogP contribution is -2.29. The third kappa shape index (κ3) is 2.49. The predicted molar refractivity (Wildman–Crippen MR) is 76.5 cm³/mol. The van der Waals surface area contributed by atoms with Crippen molar-refractivity contribution in [1.82, 2.24) is 5.43 Å². The zero-order valence-corrected chi connectivity index (χ0v) is 11.8. The maximum absolute atomic E-state index is 13.7. The van der Waals surface area contributed by atoms with Crippen molar-refractivity contribution in [1.29, 1.82) is 0 Å². The number of rotatable bonds is 4. The van der Waals surface area contributed by atoms with Crippen molar-refractivity contribution >= 4 is 11.3 Å². The molecular formula is C15H16F2N2S. The molecule has 0 amide bonds. The van der Waals surface area contributed by atoms with Gasteiger partial charge in [0.1, 0.15) is 11.6 Å². The Bertz CT molecular complexity index is 583. The lowest BCUT2D eigenvalue weighted by Gasteiger charge is -2.15. The summed E-state index contributed by atoms with van der Waals surface area (Å²) in [6.45, 7) is 0. The van der Waals surface area contributed by atoms with Gasteiger partial charge in [-0.05, 0) is 49.4 Å². The molecule has 1 unspecified atom stereocenters. The first-order valence-corrected chi connectivity index (χ1v) is 7.51. The third-order valence-electron chi connectivity index (χ3n) is 3.78. The van der Waals surface area contributed by atoms with Crippen LogP contribution < -0.4 is 11.3 Å². The van der Waals surface area contributed by atoms with Gasteiger partial charge in [-0.3, -0.25) is 11.3 Å². The van der Waals surface area contributed by atoms with Gasteiger partial charge in [0.25, 0.3) is 0 Å². The van der Waals surface area contributed by atoms with E-state index in [4.69, 9.17) is 5.84 Å². The zero-order valence-electron chi connectivity index (χ0n) is 11.0. The van der Waals surface area contributed by atoms with E-state index in [0.717, 1.165) is 17.7 Å². The van der Waals surface area contributed by atoms with Crippen molar-refractivity contribution in [3.8, 4) is 0 Å². The fourth-order valence-corrected chi connectivity index (χ4v) is 4.01. The van der Waals surface area contributed by atoms with Crippen molar-refractivity contribution in [2.75, 3.05) is 0 Å². The predicted octanol–water partition coefficient (Wildman–Crippen LogP) is 3.26. The number of thiophene rings is 1. The second kappa shape index (κ2) is 5.60. The van der Waals surface area contributed by atoms with Gasteiger partial charge in [-0.15, -0.1) is 11.3 Å². The summed E-state index contributed by atoms with van der Waals surface area (Å²) in [5.74, 6) is 4.55. The Labute approximate surface area is 120 Å². The quantitative estimate of drug-likeness (QED) is 0.671. The first kappa shape index (κ1) is 13.7. The molecule has 0 radical (unpaired) electrons. The molecule has 0 spiro atoms. The van der Waals surface area contributed by atoms with E-state index >= 15 is 0 Å². The summed E-state index contributed by atoms with van der Waals surface area (Å²) in [6, 6.07) is 5.80. The Hall–Kier alpha value is -1.30. The number of hydrazine groups is 1. The van der Waals surface area contributed by atoms with E-state index in [9.17, 15) is 8.78 Å². The first-order valence-electron chi connectivity index (χ1n) is 6.69. The number of nitrogens with one attached hydrogen (secondary N) is 1. The molecule has 0 fully saturated rings. The van der Waals surface area contributed by atoms with E-state index in [1.807, 2.05) is 0 Å². The smallest absolute Gasteiger partial charge is 0.129 e. The van der Waals surface area contributed by atoms with Crippen molar-refractivity contribution in [2.24, 2.45) is 5.84 Å². The topological polar surface area (TPSA) is 38.0 Å². The summed E-state index contributed by atoms with van der Waals surface area (Å²) in [6.07, 6.45) is 3.61. The van der Waals surface area contributed by atoms with Crippen LogP contribution in [-0.2, 0) is 19.3 Å².